The van der Waals surface area contributed by atoms with Crippen molar-refractivity contribution >= 4 is 17.8 Å². The monoisotopic (exact) mass is 289 g/mol. The van der Waals surface area contributed by atoms with E-state index in [2.05, 4.69) is 10.6 Å². The largest absolute Gasteiger partial charge is 0.350 e. The Morgan fingerprint density at radius 1 is 1.24 bits per heavy atom. The molecule has 0 atom stereocenters. The summed E-state index contributed by atoms with van der Waals surface area (Å²) >= 11 is 0. The maximum atomic E-state index is 11.9. The number of urea groups is 1. The van der Waals surface area contributed by atoms with Crippen molar-refractivity contribution in [1.29, 1.82) is 0 Å². The van der Waals surface area contributed by atoms with Gasteiger partial charge in [-0.3, -0.25) is 14.5 Å². The van der Waals surface area contributed by atoms with E-state index < -0.39 is 17.5 Å². The van der Waals surface area contributed by atoms with Crippen LogP contribution in [-0.4, -0.2) is 34.8 Å². The summed E-state index contributed by atoms with van der Waals surface area (Å²) in [5, 5.41) is 5.24. The van der Waals surface area contributed by atoms with Crippen molar-refractivity contribution in [3.05, 3.63) is 35.4 Å². The van der Waals surface area contributed by atoms with Crippen LogP contribution < -0.4 is 10.6 Å². The van der Waals surface area contributed by atoms with Crippen LogP contribution in [0.5, 0.6) is 0 Å². The van der Waals surface area contributed by atoms with Crippen molar-refractivity contribution in [2.45, 2.75) is 32.9 Å². The van der Waals surface area contributed by atoms with Gasteiger partial charge in [0.1, 0.15) is 12.1 Å². The first-order chi connectivity index (χ1) is 9.79. The average Bonchev–Trinajstić information content (AvgIpc) is 2.60. The highest BCUT2D eigenvalue weighted by molar-refractivity contribution is 6.08. The van der Waals surface area contributed by atoms with Crippen molar-refractivity contribution < 1.29 is 14.4 Å². The molecule has 0 spiro atoms. The fourth-order valence-electron chi connectivity index (χ4n) is 2.07. The van der Waals surface area contributed by atoms with E-state index >= 15 is 0 Å². The molecular weight excluding hydrogens is 270 g/mol. The van der Waals surface area contributed by atoms with Gasteiger partial charge >= 0.3 is 6.03 Å². The third-order valence-electron chi connectivity index (χ3n) is 3.36. The number of carbonyl (C=O) groups is 3. The highest BCUT2D eigenvalue weighted by Gasteiger charge is 2.44. The van der Waals surface area contributed by atoms with Gasteiger partial charge in [0.15, 0.2) is 0 Å². The fraction of sp³-hybridized carbons (Fsp3) is 0.400. The lowest BCUT2D eigenvalue weighted by Crippen LogP contribution is -2.43. The lowest BCUT2D eigenvalue weighted by atomic mass is 10.1. The van der Waals surface area contributed by atoms with Crippen molar-refractivity contribution in [3.8, 4) is 0 Å². The molecule has 6 heteroatoms. The van der Waals surface area contributed by atoms with Gasteiger partial charge in [0.05, 0.1) is 0 Å². The Balaban J connectivity index is 1.89. The number of nitrogens with one attached hydrogen (secondary N) is 2. The fourth-order valence-corrected chi connectivity index (χ4v) is 2.07. The summed E-state index contributed by atoms with van der Waals surface area (Å²) in [5.41, 5.74) is 1.16. The number of imide groups is 1. The Bertz CT molecular complexity index is 578. The number of nitrogens with zero attached hydrogens (tertiary/aromatic N) is 1. The van der Waals surface area contributed by atoms with Crippen LogP contribution in [0.4, 0.5) is 4.79 Å². The van der Waals surface area contributed by atoms with Gasteiger partial charge in [-0.2, -0.15) is 0 Å². The number of carbonyl (C=O) groups excluding carboxylic acids is 3. The molecule has 1 saturated heterocycles. The minimum absolute atomic E-state index is 0.264. The van der Waals surface area contributed by atoms with E-state index in [1.165, 1.54) is 0 Å². The molecule has 21 heavy (non-hydrogen) atoms. The van der Waals surface area contributed by atoms with Gasteiger partial charge < -0.3 is 10.6 Å². The predicted molar refractivity (Wildman–Crippen MR) is 77.3 cm³/mol. The second-order valence-corrected chi connectivity index (χ2v) is 5.71. The molecule has 0 saturated carbocycles. The molecule has 1 aromatic carbocycles. The zero-order valence-corrected chi connectivity index (χ0v) is 12.4. The van der Waals surface area contributed by atoms with Gasteiger partial charge in [0, 0.05) is 6.54 Å². The quantitative estimate of drug-likeness (QED) is 0.810. The molecule has 0 bridgehead atoms. The average molecular weight is 289 g/mol. The molecule has 0 aromatic heterocycles. The van der Waals surface area contributed by atoms with E-state index in [-0.39, 0.29) is 12.5 Å². The first kappa shape index (κ1) is 15.0. The van der Waals surface area contributed by atoms with E-state index in [9.17, 15) is 14.4 Å². The summed E-state index contributed by atoms with van der Waals surface area (Å²) < 4.78 is 0. The maximum absolute atomic E-state index is 11.9. The van der Waals surface area contributed by atoms with Crippen LogP contribution in [0.1, 0.15) is 25.0 Å². The number of hydrogen-bond donors (Lipinski definition) is 2. The number of benzene rings is 1. The predicted octanol–water partition coefficient (Wildman–Crippen LogP) is 0.942. The molecule has 2 rings (SSSR count). The summed E-state index contributed by atoms with van der Waals surface area (Å²) in [7, 11) is 0. The Labute approximate surface area is 123 Å². The van der Waals surface area contributed by atoms with Crippen molar-refractivity contribution in [2.75, 3.05) is 6.54 Å². The third-order valence-corrected chi connectivity index (χ3v) is 3.36. The first-order valence-electron chi connectivity index (χ1n) is 6.76. The Hall–Kier alpha value is -2.37. The van der Waals surface area contributed by atoms with Crippen LogP contribution in [0.2, 0.25) is 0 Å². The molecule has 2 N–H and O–H groups in total. The Kier molecular flexibility index (Phi) is 3.97. The summed E-state index contributed by atoms with van der Waals surface area (Å²) in [6.07, 6.45) is 0. The van der Waals surface area contributed by atoms with Gasteiger partial charge in [-0.05, 0) is 26.3 Å². The second kappa shape index (κ2) is 5.55. The Morgan fingerprint density at radius 2 is 1.86 bits per heavy atom. The van der Waals surface area contributed by atoms with Gasteiger partial charge in [0.2, 0.25) is 5.91 Å². The molecular formula is C15H19N3O3. The SMILES string of the molecule is Cc1ccc(CNC(=O)CN2C(=O)NC(C)(C)C2=O)cc1. The zero-order valence-electron chi connectivity index (χ0n) is 12.4. The molecule has 112 valence electrons. The molecule has 0 unspecified atom stereocenters. The van der Waals surface area contributed by atoms with Crippen molar-refractivity contribution in [2.24, 2.45) is 0 Å². The maximum Gasteiger partial charge on any atom is 0.325 e. The summed E-state index contributed by atoms with van der Waals surface area (Å²) in [6.45, 7) is 5.31. The molecule has 0 aliphatic carbocycles. The van der Waals surface area contributed by atoms with Crippen LogP contribution >= 0.6 is 0 Å². The van der Waals surface area contributed by atoms with Crippen LogP contribution in [0, 0.1) is 6.92 Å². The highest BCUT2D eigenvalue weighted by atomic mass is 16.2. The van der Waals surface area contributed by atoms with E-state index in [4.69, 9.17) is 0 Å². The summed E-state index contributed by atoms with van der Waals surface area (Å²) in [5.74, 6) is -0.755. The number of hydrogen-bond acceptors (Lipinski definition) is 3. The topological polar surface area (TPSA) is 78.5 Å². The molecule has 6 nitrogen and oxygen atoms in total. The smallest absolute Gasteiger partial charge is 0.325 e. The normalized spacial score (nSPS) is 16.8. The van der Waals surface area contributed by atoms with Gasteiger partial charge in [-0.1, -0.05) is 29.8 Å². The third kappa shape index (κ3) is 3.39. The second-order valence-electron chi connectivity index (χ2n) is 5.71. The lowest BCUT2D eigenvalue weighted by Gasteiger charge is -2.15. The van der Waals surface area contributed by atoms with Crippen molar-refractivity contribution in [1.82, 2.24) is 15.5 Å². The first-order valence-corrected chi connectivity index (χ1v) is 6.76. The molecule has 1 aliphatic rings. The lowest BCUT2D eigenvalue weighted by molar-refractivity contribution is -0.134. The van der Waals surface area contributed by atoms with Gasteiger partial charge in [0.25, 0.3) is 5.91 Å². The summed E-state index contributed by atoms with van der Waals surface area (Å²) in [6, 6.07) is 7.23. The van der Waals surface area contributed by atoms with Gasteiger partial charge in [-0.15, -0.1) is 0 Å². The van der Waals surface area contributed by atoms with Crippen LogP contribution in [0.15, 0.2) is 24.3 Å². The van der Waals surface area contributed by atoms with Crippen LogP contribution in [0.3, 0.4) is 0 Å². The zero-order chi connectivity index (χ0) is 15.6. The molecule has 1 fully saturated rings. The minimum Gasteiger partial charge on any atom is -0.350 e. The molecule has 1 aromatic rings. The number of aryl methyl sites for hydroxylation is 1. The van der Waals surface area contributed by atoms with Gasteiger partial charge in [-0.25, -0.2) is 4.79 Å². The van der Waals surface area contributed by atoms with Crippen molar-refractivity contribution in [3.63, 3.8) is 0 Å². The number of rotatable bonds is 4. The standard InChI is InChI=1S/C15H19N3O3/c1-10-4-6-11(7-5-10)8-16-12(19)9-18-13(20)15(2,3)17-14(18)21/h4-7H,8-9H2,1-3H3,(H,16,19)(H,17,21). The molecule has 0 radical (unpaired) electrons. The number of amides is 4. The van der Waals surface area contributed by atoms with E-state index in [0.29, 0.717) is 6.54 Å². The van der Waals surface area contributed by atoms with E-state index in [0.717, 1.165) is 16.0 Å². The van der Waals surface area contributed by atoms with E-state index in [1.54, 1.807) is 13.8 Å². The Morgan fingerprint density at radius 3 is 2.38 bits per heavy atom. The highest BCUT2D eigenvalue weighted by Crippen LogP contribution is 2.15. The molecule has 1 heterocycles. The minimum atomic E-state index is -0.950. The van der Waals surface area contributed by atoms with Crippen LogP contribution in [-0.2, 0) is 16.1 Å². The summed E-state index contributed by atoms with van der Waals surface area (Å²) in [4.78, 5) is 36.4. The molecule has 1 aliphatic heterocycles. The van der Waals surface area contributed by atoms with E-state index in [1.807, 2.05) is 31.2 Å². The molecule has 4 amide bonds. The van der Waals surface area contributed by atoms with Crippen LogP contribution in [0.25, 0.3) is 0 Å².